The third-order valence-electron chi connectivity index (χ3n) is 3.95. The second kappa shape index (κ2) is 6.70. The van der Waals surface area contributed by atoms with Crippen LogP contribution in [0.1, 0.15) is 13.3 Å². The van der Waals surface area contributed by atoms with Gasteiger partial charge in [-0.2, -0.15) is 0 Å². The summed E-state index contributed by atoms with van der Waals surface area (Å²) in [4.78, 5) is 2.48. The maximum absolute atomic E-state index is 6.05. The lowest BCUT2D eigenvalue weighted by atomic mass is 10.1. The summed E-state index contributed by atoms with van der Waals surface area (Å²) >= 11 is 0. The number of methoxy groups -OCH3 is 2. The number of hydrogen-bond donors (Lipinski definition) is 2. The Kier molecular flexibility index (Phi) is 4.95. The molecule has 2 rings (SSSR count). The monoisotopic (exact) mass is 279 g/mol. The van der Waals surface area contributed by atoms with Gasteiger partial charge in [0.25, 0.3) is 0 Å². The van der Waals surface area contributed by atoms with Crippen molar-refractivity contribution in [1.29, 1.82) is 0 Å². The first-order chi connectivity index (χ1) is 9.67. The minimum absolute atomic E-state index is 0.661. The van der Waals surface area contributed by atoms with E-state index in [2.05, 4.69) is 17.1 Å². The molecule has 1 atom stereocenters. The Bertz CT molecular complexity index is 451. The van der Waals surface area contributed by atoms with Crippen molar-refractivity contribution < 1.29 is 9.47 Å². The second-order valence-corrected chi connectivity index (χ2v) is 5.22. The molecule has 0 aliphatic carbocycles. The van der Waals surface area contributed by atoms with E-state index in [1.807, 2.05) is 6.07 Å². The molecule has 1 unspecified atom stereocenters. The van der Waals surface area contributed by atoms with Gasteiger partial charge in [-0.1, -0.05) is 6.92 Å². The number of ether oxygens (including phenoxy) is 2. The maximum atomic E-state index is 6.05. The minimum Gasteiger partial charge on any atom is -0.493 e. The van der Waals surface area contributed by atoms with E-state index in [0.717, 1.165) is 25.3 Å². The van der Waals surface area contributed by atoms with Crippen LogP contribution in [0.3, 0.4) is 0 Å². The molecule has 5 nitrogen and oxygen atoms in total. The van der Waals surface area contributed by atoms with Crippen molar-refractivity contribution in [3.8, 4) is 11.5 Å². The molecule has 1 heterocycles. The standard InChI is InChI=1S/C15H25N3O2/c1-4-18-6-5-11(10-18)9-17-13-8-15(20-3)14(19-2)7-12(13)16/h7-8,11,17H,4-6,9-10,16H2,1-3H3. The van der Waals surface area contributed by atoms with Crippen LogP contribution in [0, 0.1) is 5.92 Å². The Morgan fingerprint density at radius 2 is 2.00 bits per heavy atom. The highest BCUT2D eigenvalue weighted by molar-refractivity contribution is 5.72. The van der Waals surface area contributed by atoms with Gasteiger partial charge in [-0.05, 0) is 25.4 Å². The van der Waals surface area contributed by atoms with Crippen LogP contribution in [-0.2, 0) is 0 Å². The van der Waals surface area contributed by atoms with Crippen molar-refractivity contribution in [2.45, 2.75) is 13.3 Å². The predicted molar refractivity (Wildman–Crippen MR) is 82.7 cm³/mol. The van der Waals surface area contributed by atoms with Gasteiger partial charge in [0.15, 0.2) is 11.5 Å². The van der Waals surface area contributed by atoms with Crippen molar-refractivity contribution in [1.82, 2.24) is 4.90 Å². The van der Waals surface area contributed by atoms with Crippen LogP contribution < -0.4 is 20.5 Å². The third kappa shape index (κ3) is 3.28. The summed E-state index contributed by atoms with van der Waals surface area (Å²) in [5.74, 6) is 2.04. The molecule has 0 saturated carbocycles. The zero-order valence-corrected chi connectivity index (χ0v) is 12.6. The highest BCUT2D eigenvalue weighted by Gasteiger charge is 2.21. The van der Waals surface area contributed by atoms with Crippen molar-refractivity contribution in [2.75, 3.05) is 51.4 Å². The Balaban J connectivity index is 1.99. The summed E-state index contributed by atoms with van der Waals surface area (Å²) in [5.41, 5.74) is 7.65. The number of rotatable bonds is 6. The van der Waals surface area contributed by atoms with E-state index < -0.39 is 0 Å². The van der Waals surface area contributed by atoms with Crippen molar-refractivity contribution in [3.63, 3.8) is 0 Å². The van der Waals surface area contributed by atoms with Gasteiger partial charge in [-0.15, -0.1) is 0 Å². The van der Waals surface area contributed by atoms with Crippen molar-refractivity contribution >= 4 is 11.4 Å². The number of nitrogens with two attached hydrogens (primary N) is 1. The first-order valence-corrected chi connectivity index (χ1v) is 7.15. The average Bonchev–Trinajstić information content (AvgIpc) is 2.93. The molecule has 1 aromatic rings. The molecule has 0 radical (unpaired) electrons. The van der Waals surface area contributed by atoms with E-state index in [1.54, 1.807) is 20.3 Å². The average molecular weight is 279 g/mol. The van der Waals surface area contributed by atoms with E-state index in [0.29, 0.717) is 23.1 Å². The number of nitrogens with zero attached hydrogens (tertiary/aromatic N) is 1. The molecule has 112 valence electrons. The Morgan fingerprint density at radius 1 is 1.30 bits per heavy atom. The predicted octanol–water partition coefficient (Wildman–Crippen LogP) is 2.04. The summed E-state index contributed by atoms with van der Waals surface area (Å²) in [6.07, 6.45) is 1.24. The lowest BCUT2D eigenvalue weighted by Gasteiger charge is -2.17. The van der Waals surface area contributed by atoms with E-state index in [9.17, 15) is 0 Å². The van der Waals surface area contributed by atoms with Gasteiger partial charge in [0.1, 0.15) is 0 Å². The molecule has 1 aliphatic heterocycles. The molecule has 0 spiro atoms. The highest BCUT2D eigenvalue weighted by Crippen LogP contribution is 2.35. The molecule has 1 fully saturated rings. The van der Waals surface area contributed by atoms with Crippen LogP contribution in [0.15, 0.2) is 12.1 Å². The van der Waals surface area contributed by atoms with Crippen LogP contribution in [0.2, 0.25) is 0 Å². The van der Waals surface area contributed by atoms with E-state index in [-0.39, 0.29) is 0 Å². The van der Waals surface area contributed by atoms with Gasteiger partial charge in [0, 0.05) is 25.2 Å². The molecular formula is C15H25N3O2. The summed E-state index contributed by atoms with van der Waals surface area (Å²) in [5, 5.41) is 3.44. The van der Waals surface area contributed by atoms with Crippen LogP contribution in [0.5, 0.6) is 11.5 Å². The highest BCUT2D eigenvalue weighted by atomic mass is 16.5. The molecular weight excluding hydrogens is 254 g/mol. The number of nitrogen functional groups attached to an aromatic ring is 1. The fourth-order valence-electron chi connectivity index (χ4n) is 2.67. The number of nitrogens with one attached hydrogen (secondary N) is 1. The lowest BCUT2D eigenvalue weighted by molar-refractivity contribution is 0.345. The molecule has 1 aromatic carbocycles. The van der Waals surface area contributed by atoms with Crippen LogP contribution in [-0.4, -0.2) is 45.3 Å². The molecule has 3 N–H and O–H groups in total. The number of hydrogen-bond acceptors (Lipinski definition) is 5. The van der Waals surface area contributed by atoms with Crippen LogP contribution >= 0.6 is 0 Å². The van der Waals surface area contributed by atoms with E-state index >= 15 is 0 Å². The summed E-state index contributed by atoms with van der Waals surface area (Å²) in [7, 11) is 3.25. The zero-order valence-electron chi connectivity index (χ0n) is 12.6. The molecule has 20 heavy (non-hydrogen) atoms. The van der Waals surface area contributed by atoms with Gasteiger partial charge in [0.2, 0.25) is 0 Å². The van der Waals surface area contributed by atoms with Crippen LogP contribution in [0.25, 0.3) is 0 Å². The Morgan fingerprint density at radius 3 is 2.60 bits per heavy atom. The molecule has 0 aromatic heterocycles. The zero-order chi connectivity index (χ0) is 14.5. The van der Waals surface area contributed by atoms with E-state index in [1.165, 1.54) is 13.0 Å². The topological polar surface area (TPSA) is 59.8 Å². The summed E-state index contributed by atoms with van der Waals surface area (Å²) in [6.45, 7) is 6.65. The first-order valence-electron chi connectivity index (χ1n) is 7.15. The molecule has 1 aliphatic rings. The smallest absolute Gasteiger partial charge is 0.162 e. The van der Waals surface area contributed by atoms with Crippen molar-refractivity contribution in [3.05, 3.63) is 12.1 Å². The molecule has 0 amide bonds. The molecule has 5 heteroatoms. The molecule has 1 saturated heterocycles. The van der Waals surface area contributed by atoms with Crippen LogP contribution in [0.4, 0.5) is 11.4 Å². The van der Waals surface area contributed by atoms with Gasteiger partial charge >= 0.3 is 0 Å². The van der Waals surface area contributed by atoms with Gasteiger partial charge in [-0.25, -0.2) is 0 Å². The Hall–Kier alpha value is -1.62. The molecule has 0 bridgehead atoms. The summed E-state index contributed by atoms with van der Waals surface area (Å²) in [6, 6.07) is 3.70. The number of anilines is 2. The fourth-order valence-corrected chi connectivity index (χ4v) is 2.67. The maximum Gasteiger partial charge on any atom is 0.162 e. The van der Waals surface area contributed by atoms with E-state index in [4.69, 9.17) is 15.2 Å². The number of benzene rings is 1. The van der Waals surface area contributed by atoms with Gasteiger partial charge in [-0.3, -0.25) is 0 Å². The fraction of sp³-hybridized carbons (Fsp3) is 0.600. The lowest BCUT2D eigenvalue weighted by Crippen LogP contribution is -2.22. The summed E-state index contributed by atoms with van der Waals surface area (Å²) < 4.78 is 10.5. The van der Waals surface area contributed by atoms with Gasteiger partial charge < -0.3 is 25.4 Å². The largest absolute Gasteiger partial charge is 0.493 e. The normalized spacial score (nSPS) is 19.1. The Labute approximate surface area is 121 Å². The quantitative estimate of drug-likeness (QED) is 0.780. The second-order valence-electron chi connectivity index (χ2n) is 5.22. The number of likely N-dealkylation sites (tertiary alicyclic amines) is 1. The SMILES string of the molecule is CCN1CCC(CNc2cc(OC)c(OC)cc2N)C1. The first kappa shape index (κ1) is 14.8. The third-order valence-corrected chi connectivity index (χ3v) is 3.95. The van der Waals surface area contributed by atoms with Crippen molar-refractivity contribution in [2.24, 2.45) is 5.92 Å². The van der Waals surface area contributed by atoms with Gasteiger partial charge in [0.05, 0.1) is 25.6 Å². The minimum atomic E-state index is 0.661.